The first-order valence-corrected chi connectivity index (χ1v) is 12.0. The maximum absolute atomic E-state index is 13.1. The molecule has 0 aliphatic heterocycles. The van der Waals surface area contributed by atoms with Gasteiger partial charge in [-0.1, -0.05) is 38.1 Å². The number of halogens is 1. The molecule has 0 aliphatic rings. The predicted octanol–water partition coefficient (Wildman–Crippen LogP) is 5.27. The molecule has 1 atom stereocenters. The third kappa shape index (κ3) is 9.60. The van der Waals surface area contributed by atoms with Crippen LogP contribution in [0, 0.1) is 34.4 Å². The number of anilines is 1. The van der Waals surface area contributed by atoms with Gasteiger partial charge in [-0.05, 0) is 81.6 Å². The Balaban J connectivity index is 1.85. The summed E-state index contributed by atoms with van der Waals surface area (Å²) in [6.45, 7) is 9.22. The van der Waals surface area contributed by atoms with Crippen LogP contribution in [0.3, 0.4) is 0 Å². The van der Waals surface area contributed by atoms with E-state index in [0.717, 1.165) is 44.5 Å². The molecule has 184 valence electrons. The zero-order chi connectivity index (χ0) is 25.6. The normalized spacial score (nSPS) is 11.3. The number of carbonyl (C=O) groups is 1. The molecule has 0 bridgehead atoms. The van der Waals surface area contributed by atoms with Crippen LogP contribution in [0.25, 0.3) is 0 Å². The Kier molecular flexibility index (Phi) is 11.5. The molecule has 1 unspecified atom stereocenters. The average molecular weight is 476 g/mol. The monoisotopic (exact) mass is 475 g/mol. The SMILES string of the molecule is CCN(CCCNC(Nc1cccc(C(C)=O)c1)=C(C#N)C#N)CCC(C)Cc1ccc(F)cc1. The number of carbonyl (C=O) groups excluding carboxylic acids is 1. The topological polar surface area (TPSA) is 91.9 Å². The number of rotatable bonds is 14. The van der Waals surface area contributed by atoms with Crippen LogP contribution in [0.4, 0.5) is 10.1 Å². The van der Waals surface area contributed by atoms with Crippen molar-refractivity contribution in [2.24, 2.45) is 5.92 Å². The summed E-state index contributed by atoms with van der Waals surface area (Å²) in [6.07, 6.45) is 2.81. The molecular weight excluding hydrogens is 441 g/mol. The molecule has 0 aromatic heterocycles. The molecule has 6 nitrogen and oxygen atoms in total. The lowest BCUT2D eigenvalue weighted by Crippen LogP contribution is -2.30. The van der Waals surface area contributed by atoms with Gasteiger partial charge in [0.1, 0.15) is 23.8 Å². The van der Waals surface area contributed by atoms with E-state index in [9.17, 15) is 19.7 Å². The third-order valence-corrected chi connectivity index (χ3v) is 5.85. The van der Waals surface area contributed by atoms with E-state index in [4.69, 9.17) is 0 Å². The molecule has 0 amide bonds. The molecule has 2 aromatic rings. The van der Waals surface area contributed by atoms with Gasteiger partial charge in [-0.25, -0.2) is 4.39 Å². The Morgan fingerprint density at radius 3 is 2.46 bits per heavy atom. The molecule has 0 radical (unpaired) electrons. The summed E-state index contributed by atoms with van der Waals surface area (Å²) in [4.78, 5) is 14.0. The zero-order valence-electron chi connectivity index (χ0n) is 20.8. The van der Waals surface area contributed by atoms with E-state index in [1.54, 1.807) is 24.3 Å². The molecule has 0 aliphatic carbocycles. The first-order valence-electron chi connectivity index (χ1n) is 12.0. The molecule has 2 N–H and O–H groups in total. The number of allylic oxidation sites excluding steroid dienone is 1. The Hall–Kier alpha value is -3.68. The summed E-state index contributed by atoms with van der Waals surface area (Å²) in [5.41, 5.74) is 2.29. The number of hydrogen-bond donors (Lipinski definition) is 2. The second-order valence-corrected chi connectivity index (χ2v) is 8.67. The molecule has 0 spiro atoms. The fourth-order valence-electron chi connectivity index (χ4n) is 3.76. The van der Waals surface area contributed by atoms with Crippen LogP contribution >= 0.6 is 0 Å². The molecule has 0 heterocycles. The van der Waals surface area contributed by atoms with Crippen molar-refractivity contribution >= 4 is 11.5 Å². The van der Waals surface area contributed by atoms with Gasteiger partial charge in [0.25, 0.3) is 0 Å². The quantitative estimate of drug-likeness (QED) is 0.220. The Morgan fingerprint density at radius 1 is 1.11 bits per heavy atom. The van der Waals surface area contributed by atoms with Gasteiger partial charge in [0.15, 0.2) is 11.4 Å². The van der Waals surface area contributed by atoms with Crippen LogP contribution in [0.1, 0.15) is 49.5 Å². The Labute approximate surface area is 208 Å². The minimum absolute atomic E-state index is 0.0415. The van der Waals surface area contributed by atoms with Crippen LogP contribution < -0.4 is 10.6 Å². The highest BCUT2D eigenvalue weighted by Crippen LogP contribution is 2.15. The van der Waals surface area contributed by atoms with Crippen molar-refractivity contribution in [2.45, 2.75) is 40.0 Å². The first kappa shape index (κ1) is 27.6. The lowest BCUT2D eigenvalue weighted by Gasteiger charge is -2.23. The molecular formula is C28H34FN5O. The summed E-state index contributed by atoms with van der Waals surface area (Å²) in [7, 11) is 0. The predicted molar refractivity (Wildman–Crippen MR) is 137 cm³/mol. The molecule has 2 rings (SSSR count). The van der Waals surface area contributed by atoms with Crippen molar-refractivity contribution in [3.05, 3.63) is 76.9 Å². The molecule has 7 heteroatoms. The van der Waals surface area contributed by atoms with Gasteiger partial charge >= 0.3 is 0 Å². The van der Waals surface area contributed by atoms with Crippen molar-refractivity contribution in [1.29, 1.82) is 10.5 Å². The lowest BCUT2D eigenvalue weighted by molar-refractivity contribution is 0.101. The van der Waals surface area contributed by atoms with E-state index >= 15 is 0 Å². The van der Waals surface area contributed by atoms with E-state index in [2.05, 4.69) is 29.4 Å². The molecule has 0 fully saturated rings. The summed E-state index contributed by atoms with van der Waals surface area (Å²) >= 11 is 0. The van der Waals surface area contributed by atoms with Gasteiger partial charge in [0, 0.05) is 17.8 Å². The van der Waals surface area contributed by atoms with Crippen LogP contribution in [0.5, 0.6) is 0 Å². The van der Waals surface area contributed by atoms with Crippen LogP contribution in [-0.2, 0) is 6.42 Å². The van der Waals surface area contributed by atoms with Gasteiger partial charge in [0.2, 0.25) is 0 Å². The summed E-state index contributed by atoms with van der Waals surface area (Å²) in [6, 6.07) is 17.5. The van der Waals surface area contributed by atoms with E-state index < -0.39 is 0 Å². The minimum atomic E-state index is -0.207. The number of hydrogen-bond acceptors (Lipinski definition) is 6. The minimum Gasteiger partial charge on any atom is -0.370 e. The number of nitrogens with zero attached hydrogens (tertiary/aromatic N) is 3. The average Bonchev–Trinajstić information content (AvgIpc) is 2.85. The second-order valence-electron chi connectivity index (χ2n) is 8.67. The molecule has 2 aromatic carbocycles. The van der Waals surface area contributed by atoms with Gasteiger partial charge in [0.05, 0.1) is 0 Å². The number of Topliss-reactive ketones (excluding diaryl/α,β-unsaturated/α-hetero) is 1. The molecule has 0 saturated heterocycles. The highest BCUT2D eigenvalue weighted by molar-refractivity contribution is 5.95. The van der Waals surface area contributed by atoms with E-state index in [1.165, 1.54) is 19.1 Å². The zero-order valence-corrected chi connectivity index (χ0v) is 20.8. The molecule has 35 heavy (non-hydrogen) atoms. The number of ketones is 1. The fraction of sp³-hybridized carbons (Fsp3) is 0.393. The highest BCUT2D eigenvalue weighted by atomic mass is 19.1. The maximum atomic E-state index is 13.1. The van der Waals surface area contributed by atoms with Crippen molar-refractivity contribution in [3.63, 3.8) is 0 Å². The summed E-state index contributed by atoms with van der Waals surface area (Å²) in [5.74, 6) is 0.568. The van der Waals surface area contributed by atoms with Gasteiger partial charge in [-0.15, -0.1) is 0 Å². The van der Waals surface area contributed by atoms with Crippen LogP contribution in [0.15, 0.2) is 59.9 Å². The lowest BCUT2D eigenvalue weighted by atomic mass is 9.98. The summed E-state index contributed by atoms with van der Waals surface area (Å²) in [5, 5.41) is 25.0. The largest absolute Gasteiger partial charge is 0.370 e. The Morgan fingerprint density at radius 2 is 1.83 bits per heavy atom. The number of nitrogens with one attached hydrogen (secondary N) is 2. The van der Waals surface area contributed by atoms with Crippen LogP contribution in [0.2, 0.25) is 0 Å². The van der Waals surface area contributed by atoms with Crippen molar-refractivity contribution in [3.8, 4) is 12.1 Å². The van der Waals surface area contributed by atoms with E-state index in [1.807, 2.05) is 24.3 Å². The van der Waals surface area contributed by atoms with Crippen molar-refractivity contribution in [1.82, 2.24) is 10.2 Å². The number of nitriles is 2. The second kappa shape index (κ2) is 14.6. The van der Waals surface area contributed by atoms with Gasteiger partial charge in [-0.3, -0.25) is 4.79 Å². The third-order valence-electron chi connectivity index (χ3n) is 5.85. The fourth-order valence-corrected chi connectivity index (χ4v) is 3.76. The maximum Gasteiger partial charge on any atom is 0.169 e. The molecule has 0 saturated carbocycles. The van der Waals surface area contributed by atoms with Crippen LogP contribution in [-0.4, -0.2) is 36.9 Å². The first-order chi connectivity index (χ1) is 16.9. The smallest absolute Gasteiger partial charge is 0.169 e. The van der Waals surface area contributed by atoms with Gasteiger partial charge < -0.3 is 15.5 Å². The standard InChI is InChI=1S/C28H34FN5O/c1-4-34(16-13-21(2)17-23-9-11-26(29)12-10-23)15-6-14-32-28(25(19-30)20-31)33-27-8-5-7-24(18-27)22(3)35/h5,7-12,18,21,32-33H,4,6,13-17H2,1-3H3. The van der Waals surface area contributed by atoms with Gasteiger partial charge in [-0.2, -0.15) is 10.5 Å². The van der Waals surface area contributed by atoms with Crippen molar-refractivity contribution < 1.29 is 9.18 Å². The van der Waals surface area contributed by atoms with E-state index in [-0.39, 0.29) is 17.2 Å². The van der Waals surface area contributed by atoms with Crippen molar-refractivity contribution in [2.75, 3.05) is 31.5 Å². The number of benzene rings is 2. The Bertz CT molecular complexity index is 1070. The highest BCUT2D eigenvalue weighted by Gasteiger charge is 2.10. The summed E-state index contributed by atoms with van der Waals surface area (Å²) < 4.78 is 13.1. The van der Waals surface area contributed by atoms with E-state index in [0.29, 0.717) is 29.5 Å².